The maximum atomic E-state index is 13.0. The van der Waals surface area contributed by atoms with E-state index in [-0.39, 0.29) is 23.5 Å². The van der Waals surface area contributed by atoms with Crippen LogP contribution in [0.1, 0.15) is 49.9 Å². The van der Waals surface area contributed by atoms with Crippen LogP contribution in [-0.2, 0) is 11.3 Å². The van der Waals surface area contributed by atoms with Crippen LogP contribution in [0.25, 0.3) is 11.6 Å². The highest BCUT2D eigenvalue weighted by Crippen LogP contribution is 2.40. The summed E-state index contributed by atoms with van der Waals surface area (Å²) in [4.78, 5) is 39.3. The van der Waals surface area contributed by atoms with Gasteiger partial charge in [0.1, 0.15) is 5.70 Å². The number of benzene rings is 2. The number of carbonyl (C=O) groups excluding carboxylic acids is 2. The van der Waals surface area contributed by atoms with Crippen LogP contribution in [0, 0.1) is 17.0 Å². The van der Waals surface area contributed by atoms with E-state index in [4.69, 9.17) is 0 Å². The van der Waals surface area contributed by atoms with Crippen molar-refractivity contribution in [3.05, 3.63) is 80.5 Å². The molecule has 0 radical (unpaired) electrons. The van der Waals surface area contributed by atoms with Gasteiger partial charge >= 0.3 is 6.03 Å². The number of likely N-dealkylation sites (N-methyl/N-ethyl adjacent to an activating group) is 1. The Hall–Kier alpha value is -3.94. The molecule has 2 aliphatic heterocycles. The molecule has 0 aliphatic carbocycles. The number of carbonyl (C=O) groups is 2. The Morgan fingerprint density at radius 3 is 2.41 bits per heavy atom. The number of nitro benzene ring substituents is 1. The number of hydrogen-bond donors (Lipinski definition) is 1. The molecule has 0 spiro atoms. The molecule has 2 aliphatic rings. The van der Waals surface area contributed by atoms with Gasteiger partial charge in [0.25, 0.3) is 11.6 Å². The van der Waals surface area contributed by atoms with Crippen LogP contribution >= 0.6 is 0 Å². The van der Waals surface area contributed by atoms with Crippen LogP contribution in [-0.4, -0.2) is 33.8 Å². The topological polar surface area (TPSA) is 95.8 Å². The number of rotatable bonds is 5. The number of anilines is 1. The molecule has 34 heavy (non-hydrogen) atoms. The normalized spacial score (nSPS) is 18.1. The van der Waals surface area contributed by atoms with Crippen molar-refractivity contribution >= 4 is 35.0 Å². The van der Waals surface area contributed by atoms with Gasteiger partial charge in [-0.3, -0.25) is 19.8 Å². The number of fused-ring (bicyclic) bond motifs is 1. The highest BCUT2D eigenvalue weighted by atomic mass is 16.6. The first-order chi connectivity index (χ1) is 16.0. The van der Waals surface area contributed by atoms with Gasteiger partial charge in [-0.1, -0.05) is 18.2 Å². The Balaban J connectivity index is 1.62. The zero-order chi connectivity index (χ0) is 24.8. The van der Waals surface area contributed by atoms with Crippen molar-refractivity contribution in [2.75, 3.05) is 11.4 Å². The first-order valence-electron chi connectivity index (χ1n) is 11.2. The van der Waals surface area contributed by atoms with Crippen molar-refractivity contribution in [2.45, 2.75) is 46.7 Å². The third-order valence-electron chi connectivity index (χ3n) is 6.43. The number of imide groups is 1. The lowest BCUT2D eigenvalue weighted by atomic mass is 9.87. The quantitative estimate of drug-likeness (QED) is 0.293. The van der Waals surface area contributed by atoms with Gasteiger partial charge in [0.2, 0.25) is 0 Å². The maximum absolute atomic E-state index is 13.0. The average molecular weight is 461 g/mol. The fourth-order valence-corrected chi connectivity index (χ4v) is 4.75. The predicted molar refractivity (Wildman–Crippen MR) is 132 cm³/mol. The summed E-state index contributed by atoms with van der Waals surface area (Å²) in [6, 6.07) is 9.50. The number of aryl methyl sites for hydroxylation is 1. The molecular formula is C26H28N4O4. The molecule has 2 aromatic carbocycles. The lowest BCUT2D eigenvalue weighted by Crippen LogP contribution is -2.44. The third-order valence-corrected chi connectivity index (χ3v) is 6.43. The lowest BCUT2D eigenvalue weighted by molar-refractivity contribution is -0.384. The number of allylic oxidation sites excluding steroid dienone is 1. The van der Waals surface area contributed by atoms with Gasteiger partial charge in [0, 0.05) is 29.9 Å². The number of nitro groups is 1. The maximum Gasteiger partial charge on any atom is 0.329 e. The number of hydrogen-bond acceptors (Lipinski definition) is 5. The standard InChI is InChI=1S/C26H28N4O4/c1-6-29-23-11-16(2)19(12-21(23)17(3)14-26(29,4)5)13-22-24(31)28(25(32)27-22)15-18-7-9-20(10-8-18)30(33)34/h7-14H,6,15H2,1-5H3,(H,27,32)/b22-13+. The molecule has 1 fully saturated rings. The molecule has 176 valence electrons. The average Bonchev–Trinajstić information content (AvgIpc) is 3.02. The fraction of sp³-hybridized carbons (Fsp3) is 0.308. The largest absolute Gasteiger partial charge is 0.363 e. The Labute approximate surface area is 198 Å². The van der Waals surface area contributed by atoms with Crippen molar-refractivity contribution in [3.8, 4) is 0 Å². The highest BCUT2D eigenvalue weighted by molar-refractivity contribution is 6.14. The van der Waals surface area contributed by atoms with Gasteiger partial charge in [-0.15, -0.1) is 0 Å². The molecule has 3 amide bonds. The Morgan fingerprint density at radius 1 is 1.12 bits per heavy atom. The van der Waals surface area contributed by atoms with Gasteiger partial charge < -0.3 is 10.2 Å². The number of non-ortho nitro benzene ring substituents is 1. The minimum Gasteiger partial charge on any atom is -0.363 e. The fourth-order valence-electron chi connectivity index (χ4n) is 4.75. The van der Waals surface area contributed by atoms with Gasteiger partial charge in [0.15, 0.2) is 0 Å². The van der Waals surface area contributed by atoms with Gasteiger partial charge in [-0.25, -0.2) is 4.79 Å². The van der Waals surface area contributed by atoms with Crippen LogP contribution < -0.4 is 10.2 Å². The second-order valence-electron chi connectivity index (χ2n) is 9.25. The summed E-state index contributed by atoms with van der Waals surface area (Å²) < 4.78 is 0. The molecule has 8 nitrogen and oxygen atoms in total. The lowest BCUT2D eigenvalue weighted by Gasteiger charge is -2.43. The van der Waals surface area contributed by atoms with E-state index in [0.717, 1.165) is 33.8 Å². The van der Waals surface area contributed by atoms with E-state index in [9.17, 15) is 19.7 Å². The number of urea groups is 1. The summed E-state index contributed by atoms with van der Waals surface area (Å²) in [7, 11) is 0. The second kappa shape index (κ2) is 8.44. The third kappa shape index (κ3) is 4.07. The number of nitrogens with zero attached hydrogens (tertiary/aromatic N) is 3. The van der Waals surface area contributed by atoms with Crippen LogP contribution in [0.15, 0.2) is 48.2 Å². The molecular weight excluding hydrogens is 432 g/mol. The Kier molecular flexibility index (Phi) is 5.77. The van der Waals surface area contributed by atoms with Crippen molar-refractivity contribution in [2.24, 2.45) is 0 Å². The molecule has 2 heterocycles. The molecule has 0 saturated carbocycles. The molecule has 0 unspecified atom stereocenters. The van der Waals surface area contributed by atoms with E-state index < -0.39 is 16.9 Å². The molecule has 1 saturated heterocycles. The molecule has 2 aromatic rings. The summed E-state index contributed by atoms with van der Waals surface area (Å²) in [5, 5.41) is 13.5. The van der Waals surface area contributed by atoms with Crippen LogP contribution in [0.5, 0.6) is 0 Å². The summed E-state index contributed by atoms with van der Waals surface area (Å²) in [5.41, 5.74) is 6.01. The minimum absolute atomic E-state index is 0.0333. The number of amides is 3. The predicted octanol–water partition coefficient (Wildman–Crippen LogP) is 5.02. The van der Waals surface area contributed by atoms with Crippen LogP contribution in [0.2, 0.25) is 0 Å². The van der Waals surface area contributed by atoms with E-state index in [1.54, 1.807) is 18.2 Å². The first-order valence-corrected chi connectivity index (χ1v) is 11.2. The second-order valence-corrected chi connectivity index (χ2v) is 9.25. The molecule has 0 atom stereocenters. The van der Waals surface area contributed by atoms with Crippen molar-refractivity contribution in [1.82, 2.24) is 10.2 Å². The molecule has 4 rings (SSSR count). The highest BCUT2D eigenvalue weighted by Gasteiger charge is 2.34. The van der Waals surface area contributed by atoms with Crippen LogP contribution in [0.3, 0.4) is 0 Å². The van der Waals surface area contributed by atoms with Crippen molar-refractivity contribution in [1.29, 1.82) is 0 Å². The Morgan fingerprint density at radius 2 is 1.79 bits per heavy atom. The minimum atomic E-state index is -0.514. The summed E-state index contributed by atoms with van der Waals surface area (Å²) in [6.45, 7) is 11.5. The smallest absolute Gasteiger partial charge is 0.329 e. The first kappa shape index (κ1) is 23.2. The number of nitrogens with one attached hydrogen (secondary N) is 1. The van der Waals surface area contributed by atoms with Gasteiger partial charge in [0.05, 0.1) is 17.0 Å². The Bertz CT molecular complexity index is 1260. The van der Waals surface area contributed by atoms with Crippen molar-refractivity contribution in [3.63, 3.8) is 0 Å². The van der Waals surface area contributed by atoms with E-state index in [2.05, 4.69) is 56.1 Å². The van der Waals surface area contributed by atoms with Gasteiger partial charge in [-0.05, 0) is 75.1 Å². The summed E-state index contributed by atoms with van der Waals surface area (Å²) >= 11 is 0. The van der Waals surface area contributed by atoms with Gasteiger partial charge in [-0.2, -0.15) is 0 Å². The van der Waals surface area contributed by atoms with E-state index >= 15 is 0 Å². The summed E-state index contributed by atoms with van der Waals surface area (Å²) in [5.74, 6) is -0.427. The van der Waals surface area contributed by atoms with E-state index in [0.29, 0.717) is 5.56 Å². The van der Waals surface area contributed by atoms with Crippen molar-refractivity contribution < 1.29 is 14.5 Å². The molecule has 0 bridgehead atoms. The molecule has 8 heteroatoms. The molecule has 0 aromatic heterocycles. The SMILES string of the molecule is CCN1c2cc(C)c(/C=C3/NC(=O)N(Cc4ccc([N+](=O)[O-])cc4)C3=O)cc2C(C)=CC1(C)C. The zero-order valence-electron chi connectivity index (χ0n) is 20.0. The monoisotopic (exact) mass is 460 g/mol. The summed E-state index contributed by atoms with van der Waals surface area (Å²) in [6.07, 6.45) is 3.97. The van der Waals surface area contributed by atoms with Crippen LogP contribution in [0.4, 0.5) is 16.2 Å². The van der Waals surface area contributed by atoms with E-state index in [1.807, 2.05) is 6.92 Å². The molecule has 1 N–H and O–H groups in total. The van der Waals surface area contributed by atoms with E-state index in [1.165, 1.54) is 17.7 Å². The zero-order valence-corrected chi connectivity index (χ0v) is 20.0.